The molecule has 1 rings (SSSR count). The van der Waals surface area contributed by atoms with Crippen LogP contribution in [0.2, 0.25) is 0 Å². The normalized spacial score (nSPS) is 19.0. The van der Waals surface area contributed by atoms with Gasteiger partial charge in [0, 0.05) is 13.0 Å². The SMILES string of the molecule is CC(C)CNC(=O)C(C)NC(=O)C1CC(C(=O)O)=NO1. The number of carbonyl (C=O) groups excluding carboxylic acids is 2. The molecule has 8 heteroatoms. The second-order valence-corrected chi connectivity index (χ2v) is 5.01. The fourth-order valence-electron chi connectivity index (χ4n) is 1.47. The van der Waals surface area contributed by atoms with Crippen molar-refractivity contribution in [1.82, 2.24) is 10.6 Å². The third kappa shape index (κ3) is 4.52. The third-order valence-electron chi connectivity index (χ3n) is 2.64. The molecule has 112 valence electrons. The fourth-order valence-corrected chi connectivity index (χ4v) is 1.47. The van der Waals surface area contributed by atoms with E-state index < -0.39 is 24.0 Å². The number of hydrogen-bond donors (Lipinski definition) is 3. The highest BCUT2D eigenvalue weighted by Crippen LogP contribution is 2.11. The average molecular weight is 285 g/mol. The van der Waals surface area contributed by atoms with Gasteiger partial charge in [-0.05, 0) is 12.8 Å². The first-order valence-corrected chi connectivity index (χ1v) is 6.35. The summed E-state index contributed by atoms with van der Waals surface area (Å²) in [6.45, 7) is 5.98. The first-order valence-electron chi connectivity index (χ1n) is 6.35. The number of oxime groups is 1. The van der Waals surface area contributed by atoms with Gasteiger partial charge in [0.15, 0.2) is 5.71 Å². The molecule has 1 heterocycles. The molecule has 8 nitrogen and oxygen atoms in total. The predicted octanol–water partition coefficient (Wildman–Crippen LogP) is -0.507. The van der Waals surface area contributed by atoms with Crippen molar-refractivity contribution in [2.75, 3.05) is 6.54 Å². The minimum absolute atomic E-state index is 0.110. The maximum absolute atomic E-state index is 11.8. The van der Waals surface area contributed by atoms with Crippen molar-refractivity contribution in [3.8, 4) is 0 Å². The van der Waals surface area contributed by atoms with E-state index in [0.29, 0.717) is 12.5 Å². The highest BCUT2D eigenvalue weighted by atomic mass is 16.6. The first-order chi connectivity index (χ1) is 9.31. The molecule has 1 aliphatic rings. The molecule has 0 aromatic carbocycles. The maximum atomic E-state index is 11.8. The topological polar surface area (TPSA) is 117 Å². The second kappa shape index (κ2) is 6.88. The lowest BCUT2D eigenvalue weighted by Crippen LogP contribution is -2.48. The van der Waals surface area contributed by atoms with Crippen LogP contribution in [0.1, 0.15) is 27.2 Å². The van der Waals surface area contributed by atoms with Crippen LogP contribution in [-0.2, 0) is 19.2 Å². The Bertz CT molecular complexity index is 433. The summed E-state index contributed by atoms with van der Waals surface area (Å²) in [4.78, 5) is 38.8. The van der Waals surface area contributed by atoms with E-state index in [1.807, 2.05) is 13.8 Å². The van der Waals surface area contributed by atoms with Gasteiger partial charge in [0.05, 0.1) is 0 Å². The molecule has 0 fully saturated rings. The molecule has 0 radical (unpaired) electrons. The summed E-state index contributed by atoms with van der Waals surface area (Å²) in [7, 11) is 0. The van der Waals surface area contributed by atoms with Crippen LogP contribution in [-0.4, -0.2) is 47.3 Å². The van der Waals surface area contributed by atoms with Gasteiger partial charge in [-0.2, -0.15) is 0 Å². The zero-order valence-electron chi connectivity index (χ0n) is 11.7. The highest BCUT2D eigenvalue weighted by Gasteiger charge is 2.32. The summed E-state index contributed by atoms with van der Waals surface area (Å²) in [5.74, 6) is -1.77. The van der Waals surface area contributed by atoms with Crippen LogP contribution in [0.25, 0.3) is 0 Å². The number of carbonyl (C=O) groups is 3. The molecule has 0 aromatic heterocycles. The summed E-state index contributed by atoms with van der Waals surface area (Å²) in [6, 6.07) is -0.723. The summed E-state index contributed by atoms with van der Waals surface area (Å²) in [5, 5.41) is 17.2. The summed E-state index contributed by atoms with van der Waals surface area (Å²) < 4.78 is 0. The van der Waals surface area contributed by atoms with Gasteiger partial charge < -0.3 is 20.6 Å². The molecule has 20 heavy (non-hydrogen) atoms. The zero-order valence-corrected chi connectivity index (χ0v) is 11.7. The van der Waals surface area contributed by atoms with Crippen molar-refractivity contribution in [2.24, 2.45) is 11.1 Å². The Morgan fingerprint density at radius 1 is 1.40 bits per heavy atom. The van der Waals surface area contributed by atoms with Crippen molar-refractivity contribution in [3.63, 3.8) is 0 Å². The van der Waals surface area contributed by atoms with Gasteiger partial charge in [-0.25, -0.2) is 4.79 Å². The van der Waals surface area contributed by atoms with E-state index in [1.54, 1.807) is 6.92 Å². The molecular weight excluding hydrogens is 266 g/mol. The van der Waals surface area contributed by atoms with E-state index in [4.69, 9.17) is 9.94 Å². The Kier molecular flexibility index (Phi) is 5.48. The van der Waals surface area contributed by atoms with Crippen molar-refractivity contribution in [2.45, 2.75) is 39.3 Å². The molecule has 2 amide bonds. The number of nitrogens with one attached hydrogen (secondary N) is 2. The molecule has 0 saturated carbocycles. The lowest BCUT2D eigenvalue weighted by atomic mass is 10.1. The van der Waals surface area contributed by atoms with Gasteiger partial charge in [0.1, 0.15) is 6.04 Å². The number of amides is 2. The van der Waals surface area contributed by atoms with Gasteiger partial charge in [-0.3, -0.25) is 9.59 Å². The predicted molar refractivity (Wildman–Crippen MR) is 70.0 cm³/mol. The maximum Gasteiger partial charge on any atom is 0.353 e. The third-order valence-corrected chi connectivity index (χ3v) is 2.64. The van der Waals surface area contributed by atoms with Gasteiger partial charge in [-0.15, -0.1) is 0 Å². The lowest BCUT2D eigenvalue weighted by molar-refractivity contribution is -0.135. The van der Waals surface area contributed by atoms with E-state index in [1.165, 1.54) is 0 Å². The molecule has 3 N–H and O–H groups in total. The average Bonchev–Trinajstić information content (AvgIpc) is 2.85. The van der Waals surface area contributed by atoms with E-state index >= 15 is 0 Å². The van der Waals surface area contributed by atoms with Crippen LogP contribution < -0.4 is 10.6 Å². The molecule has 0 aromatic rings. The highest BCUT2D eigenvalue weighted by molar-refractivity contribution is 6.36. The number of carboxylic acids is 1. The standard InChI is InChI=1S/C12H19N3O5/c1-6(2)5-13-10(16)7(3)14-11(17)9-4-8(12(18)19)15-20-9/h6-7,9H,4-5H2,1-3H3,(H,13,16)(H,14,17)(H,18,19). The van der Waals surface area contributed by atoms with Crippen molar-refractivity contribution in [3.05, 3.63) is 0 Å². The largest absolute Gasteiger partial charge is 0.477 e. The summed E-state index contributed by atoms with van der Waals surface area (Å²) in [6.07, 6.45) is -1.11. The lowest BCUT2D eigenvalue weighted by Gasteiger charge is -2.16. The number of aliphatic carboxylic acids is 1. The second-order valence-electron chi connectivity index (χ2n) is 5.01. The summed E-state index contributed by atoms with van der Waals surface area (Å²) in [5.41, 5.74) is -0.206. The molecule has 0 spiro atoms. The monoisotopic (exact) mass is 285 g/mol. The van der Waals surface area contributed by atoms with Crippen LogP contribution in [0.15, 0.2) is 5.16 Å². The van der Waals surface area contributed by atoms with Gasteiger partial charge in [0.2, 0.25) is 12.0 Å². The number of nitrogens with zero attached hydrogens (tertiary/aromatic N) is 1. The van der Waals surface area contributed by atoms with Gasteiger partial charge in [-0.1, -0.05) is 19.0 Å². The molecule has 1 aliphatic heterocycles. The van der Waals surface area contributed by atoms with E-state index in [2.05, 4.69) is 15.8 Å². The van der Waals surface area contributed by atoms with E-state index in [9.17, 15) is 14.4 Å². The van der Waals surface area contributed by atoms with Gasteiger partial charge >= 0.3 is 5.97 Å². The molecule has 2 unspecified atom stereocenters. The van der Waals surface area contributed by atoms with Crippen LogP contribution in [0.4, 0.5) is 0 Å². The van der Waals surface area contributed by atoms with E-state index in [0.717, 1.165) is 0 Å². The molecule has 0 saturated heterocycles. The smallest absolute Gasteiger partial charge is 0.353 e. The number of carboxylic acid groups (broad SMARTS) is 1. The fraction of sp³-hybridized carbons (Fsp3) is 0.667. The van der Waals surface area contributed by atoms with Crippen molar-refractivity contribution in [1.29, 1.82) is 0 Å². The van der Waals surface area contributed by atoms with Crippen LogP contribution >= 0.6 is 0 Å². The Morgan fingerprint density at radius 3 is 2.55 bits per heavy atom. The van der Waals surface area contributed by atoms with Crippen molar-refractivity contribution >= 4 is 23.5 Å². The molecule has 0 aliphatic carbocycles. The number of hydrogen-bond acceptors (Lipinski definition) is 5. The van der Waals surface area contributed by atoms with Crippen LogP contribution in [0, 0.1) is 5.92 Å². The Hall–Kier alpha value is -2.12. The molecule has 0 bridgehead atoms. The Balaban J connectivity index is 2.39. The first kappa shape index (κ1) is 15.9. The molecule has 2 atom stereocenters. The summed E-state index contributed by atoms with van der Waals surface area (Å²) >= 11 is 0. The minimum atomic E-state index is -1.22. The van der Waals surface area contributed by atoms with Crippen LogP contribution in [0.3, 0.4) is 0 Å². The zero-order chi connectivity index (χ0) is 15.3. The Morgan fingerprint density at radius 2 is 2.05 bits per heavy atom. The Labute approximate surface area is 116 Å². The van der Waals surface area contributed by atoms with Crippen LogP contribution in [0.5, 0.6) is 0 Å². The molecular formula is C12H19N3O5. The number of rotatable bonds is 6. The minimum Gasteiger partial charge on any atom is -0.477 e. The van der Waals surface area contributed by atoms with Crippen molar-refractivity contribution < 1.29 is 24.3 Å². The van der Waals surface area contributed by atoms with E-state index in [-0.39, 0.29) is 18.0 Å². The quantitative estimate of drug-likeness (QED) is 0.608. The van der Waals surface area contributed by atoms with Gasteiger partial charge in [0.25, 0.3) is 5.91 Å².